The predicted octanol–water partition coefficient (Wildman–Crippen LogP) is 6.72. The number of aryl methyl sites for hydroxylation is 1. The number of halogens is 1. The molecule has 1 aliphatic rings. The number of hydrogen-bond donors (Lipinski definition) is 1. The average molecular weight is 508 g/mol. The maximum atomic E-state index is 12.9. The summed E-state index contributed by atoms with van der Waals surface area (Å²) < 4.78 is 16.8. The molecule has 36 heavy (non-hydrogen) atoms. The third-order valence-corrected chi connectivity index (χ3v) is 6.33. The van der Waals surface area contributed by atoms with Gasteiger partial charge in [-0.15, -0.1) is 0 Å². The van der Waals surface area contributed by atoms with Crippen molar-refractivity contribution in [2.75, 3.05) is 7.11 Å². The molecule has 1 N–H and O–H groups in total. The van der Waals surface area contributed by atoms with Gasteiger partial charge < -0.3 is 19.5 Å². The van der Waals surface area contributed by atoms with Crippen LogP contribution in [0.1, 0.15) is 38.3 Å². The Balaban J connectivity index is 1.61. The number of rotatable bonds is 5. The van der Waals surface area contributed by atoms with Crippen LogP contribution in [0.4, 0.5) is 4.79 Å². The number of hydrogen-bond acceptors (Lipinski definition) is 5. The number of carbonyl (C=O) groups is 2. The smallest absolute Gasteiger partial charge is 0.408 e. The number of ether oxygens (including phenoxy) is 3. The summed E-state index contributed by atoms with van der Waals surface area (Å²) in [6, 6.07) is 21.2. The highest BCUT2D eigenvalue weighted by molar-refractivity contribution is 6.30. The SMILES string of the molecule is COC(=O)C1(NC(=O)OC(C)(C)C)CCc2ccc(Oc3ccccc3-c3ccc(Cl)cc3)cc2C1. The van der Waals surface area contributed by atoms with Crippen LogP contribution in [0, 0.1) is 0 Å². The molecule has 0 heterocycles. The molecule has 1 amide bonds. The number of para-hydroxylation sites is 1. The maximum Gasteiger partial charge on any atom is 0.408 e. The Morgan fingerprint density at radius 3 is 2.39 bits per heavy atom. The molecule has 3 aromatic carbocycles. The van der Waals surface area contributed by atoms with Crippen molar-refractivity contribution in [2.45, 2.75) is 51.2 Å². The van der Waals surface area contributed by atoms with Gasteiger partial charge in [0.2, 0.25) is 0 Å². The van der Waals surface area contributed by atoms with E-state index >= 15 is 0 Å². The number of fused-ring (bicyclic) bond motifs is 1. The molecule has 0 radical (unpaired) electrons. The molecule has 6 nitrogen and oxygen atoms in total. The van der Waals surface area contributed by atoms with Gasteiger partial charge in [-0.05, 0) is 80.6 Å². The number of benzene rings is 3. The van der Waals surface area contributed by atoms with Crippen molar-refractivity contribution in [1.29, 1.82) is 0 Å². The normalized spacial score (nSPS) is 17.0. The summed E-state index contributed by atoms with van der Waals surface area (Å²) in [5.74, 6) is 0.827. The number of amides is 1. The molecule has 0 saturated carbocycles. The van der Waals surface area contributed by atoms with E-state index in [0.29, 0.717) is 29.4 Å². The molecule has 7 heteroatoms. The molecule has 0 saturated heterocycles. The summed E-state index contributed by atoms with van der Waals surface area (Å²) in [5, 5.41) is 3.47. The van der Waals surface area contributed by atoms with Crippen LogP contribution < -0.4 is 10.1 Å². The van der Waals surface area contributed by atoms with Crippen molar-refractivity contribution < 1.29 is 23.8 Å². The highest BCUT2D eigenvalue weighted by atomic mass is 35.5. The Bertz CT molecular complexity index is 1270. The zero-order valence-electron chi connectivity index (χ0n) is 20.9. The van der Waals surface area contributed by atoms with Gasteiger partial charge >= 0.3 is 12.1 Å². The molecule has 0 spiro atoms. The third-order valence-electron chi connectivity index (χ3n) is 6.08. The Labute approximate surface area is 216 Å². The van der Waals surface area contributed by atoms with Crippen LogP contribution in [0.5, 0.6) is 11.5 Å². The molecule has 1 atom stereocenters. The first-order valence-electron chi connectivity index (χ1n) is 11.8. The van der Waals surface area contributed by atoms with E-state index in [1.165, 1.54) is 7.11 Å². The minimum atomic E-state index is -1.22. The number of esters is 1. The molecule has 188 valence electrons. The van der Waals surface area contributed by atoms with Gasteiger partial charge in [0.15, 0.2) is 0 Å². The van der Waals surface area contributed by atoms with Crippen LogP contribution in [0.15, 0.2) is 66.7 Å². The zero-order valence-corrected chi connectivity index (χ0v) is 21.6. The van der Waals surface area contributed by atoms with Crippen molar-refractivity contribution in [2.24, 2.45) is 0 Å². The van der Waals surface area contributed by atoms with E-state index in [9.17, 15) is 9.59 Å². The number of methoxy groups -OCH3 is 1. The fraction of sp³-hybridized carbons (Fsp3) is 0.310. The lowest BCUT2D eigenvalue weighted by atomic mass is 9.78. The van der Waals surface area contributed by atoms with Gasteiger partial charge in [-0.1, -0.05) is 48.0 Å². The summed E-state index contributed by atoms with van der Waals surface area (Å²) in [6.07, 6.45) is 0.623. The zero-order chi connectivity index (χ0) is 25.9. The van der Waals surface area contributed by atoms with Crippen LogP contribution in [0.3, 0.4) is 0 Å². The fourth-order valence-electron chi connectivity index (χ4n) is 4.41. The predicted molar refractivity (Wildman–Crippen MR) is 140 cm³/mol. The van der Waals surface area contributed by atoms with E-state index in [-0.39, 0.29) is 6.42 Å². The van der Waals surface area contributed by atoms with Crippen molar-refractivity contribution in [3.05, 3.63) is 82.9 Å². The minimum Gasteiger partial charge on any atom is -0.467 e. The summed E-state index contributed by atoms with van der Waals surface area (Å²) >= 11 is 6.06. The van der Waals surface area contributed by atoms with E-state index in [0.717, 1.165) is 22.3 Å². The summed E-state index contributed by atoms with van der Waals surface area (Å²) in [6.45, 7) is 5.33. The molecule has 4 rings (SSSR count). The average Bonchev–Trinajstić information content (AvgIpc) is 2.83. The van der Waals surface area contributed by atoms with Crippen molar-refractivity contribution in [3.63, 3.8) is 0 Å². The van der Waals surface area contributed by atoms with Gasteiger partial charge in [-0.3, -0.25) is 0 Å². The van der Waals surface area contributed by atoms with E-state index in [2.05, 4.69) is 5.32 Å². The molecular weight excluding hydrogens is 478 g/mol. The van der Waals surface area contributed by atoms with E-state index in [1.807, 2.05) is 66.7 Å². The van der Waals surface area contributed by atoms with E-state index in [4.69, 9.17) is 25.8 Å². The quantitative estimate of drug-likeness (QED) is 0.388. The third kappa shape index (κ3) is 5.82. The Morgan fingerprint density at radius 1 is 0.972 bits per heavy atom. The second-order valence-electron chi connectivity index (χ2n) is 9.91. The molecule has 1 unspecified atom stereocenters. The van der Waals surface area contributed by atoms with Gasteiger partial charge in [-0.25, -0.2) is 9.59 Å². The monoisotopic (exact) mass is 507 g/mol. The summed E-state index contributed by atoms with van der Waals surface area (Å²) in [5.41, 5.74) is 2.01. The van der Waals surface area contributed by atoms with Crippen LogP contribution in [0.2, 0.25) is 5.02 Å². The van der Waals surface area contributed by atoms with Crippen LogP contribution in [0.25, 0.3) is 11.1 Å². The van der Waals surface area contributed by atoms with Crippen molar-refractivity contribution in [3.8, 4) is 22.6 Å². The van der Waals surface area contributed by atoms with Crippen LogP contribution in [-0.4, -0.2) is 30.3 Å². The second-order valence-corrected chi connectivity index (χ2v) is 10.3. The number of carbonyl (C=O) groups excluding carboxylic acids is 2. The number of alkyl carbamates (subject to hydrolysis) is 1. The number of nitrogens with one attached hydrogen (secondary N) is 1. The first-order valence-corrected chi connectivity index (χ1v) is 12.2. The molecule has 0 aromatic heterocycles. The topological polar surface area (TPSA) is 73.9 Å². The van der Waals surface area contributed by atoms with Gasteiger partial charge in [0.25, 0.3) is 0 Å². The largest absolute Gasteiger partial charge is 0.467 e. The van der Waals surface area contributed by atoms with Crippen LogP contribution in [-0.2, 0) is 27.1 Å². The summed E-state index contributed by atoms with van der Waals surface area (Å²) in [7, 11) is 1.32. The first-order chi connectivity index (χ1) is 17.1. The molecule has 0 bridgehead atoms. The van der Waals surface area contributed by atoms with E-state index in [1.54, 1.807) is 20.8 Å². The van der Waals surface area contributed by atoms with Gasteiger partial charge in [0.05, 0.1) is 7.11 Å². The second kappa shape index (κ2) is 10.2. The fourth-order valence-corrected chi connectivity index (χ4v) is 4.54. The molecule has 0 aliphatic heterocycles. The van der Waals surface area contributed by atoms with E-state index < -0.39 is 23.2 Å². The molecular formula is C29H30ClNO5. The van der Waals surface area contributed by atoms with Crippen molar-refractivity contribution in [1.82, 2.24) is 5.32 Å². The lowest BCUT2D eigenvalue weighted by Crippen LogP contribution is -2.59. The first kappa shape index (κ1) is 25.6. The molecule has 0 fully saturated rings. The Hall–Kier alpha value is -3.51. The highest BCUT2D eigenvalue weighted by Crippen LogP contribution is 2.37. The standard InChI is InChI=1S/C29H30ClNO5/c1-28(2,3)36-27(33)31-29(26(32)34-4)16-15-19-11-14-23(17-21(19)18-29)35-25-8-6-5-7-24(25)20-9-12-22(30)13-10-20/h5-14,17H,15-16,18H2,1-4H3,(H,31,33). The van der Waals surface area contributed by atoms with Gasteiger partial charge in [0.1, 0.15) is 22.6 Å². The van der Waals surface area contributed by atoms with Gasteiger partial charge in [0, 0.05) is 17.0 Å². The lowest BCUT2D eigenvalue weighted by Gasteiger charge is -2.36. The highest BCUT2D eigenvalue weighted by Gasteiger charge is 2.44. The maximum absolute atomic E-state index is 12.9. The lowest BCUT2D eigenvalue weighted by molar-refractivity contribution is -0.149. The van der Waals surface area contributed by atoms with Crippen LogP contribution >= 0.6 is 11.6 Å². The Kier molecular flexibility index (Phi) is 7.27. The van der Waals surface area contributed by atoms with Gasteiger partial charge in [-0.2, -0.15) is 0 Å². The Morgan fingerprint density at radius 2 is 1.69 bits per heavy atom. The summed E-state index contributed by atoms with van der Waals surface area (Å²) in [4.78, 5) is 25.5. The minimum absolute atomic E-state index is 0.268. The molecule has 1 aliphatic carbocycles. The molecule has 3 aromatic rings. The van der Waals surface area contributed by atoms with Crippen molar-refractivity contribution >= 4 is 23.7 Å².